The van der Waals surface area contributed by atoms with E-state index in [9.17, 15) is 23.2 Å². The molecule has 0 aliphatic carbocycles. The lowest BCUT2D eigenvalue weighted by molar-refractivity contribution is -0.185. The van der Waals surface area contributed by atoms with E-state index in [1.807, 2.05) is 0 Å². The zero-order chi connectivity index (χ0) is 28.5. The molecule has 10 heteroatoms. The predicted molar refractivity (Wildman–Crippen MR) is 151 cm³/mol. The van der Waals surface area contributed by atoms with Crippen LogP contribution >= 0.6 is 50.7 Å². The van der Waals surface area contributed by atoms with E-state index in [1.54, 1.807) is 0 Å². The van der Waals surface area contributed by atoms with E-state index < -0.39 is 44.0 Å². The van der Waals surface area contributed by atoms with Crippen molar-refractivity contribution in [2.75, 3.05) is 0 Å². The van der Waals surface area contributed by atoms with Gasteiger partial charge < -0.3 is 0 Å². The Morgan fingerprint density at radius 3 is 1.27 bits per heavy atom. The van der Waals surface area contributed by atoms with Crippen molar-refractivity contribution in [3.63, 3.8) is 0 Å². The second kappa shape index (κ2) is 19.3. The quantitative estimate of drug-likeness (QED) is 0.0589. The lowest BCUT2D eigenvalue weighted by atomic mass is 9.71. The van der Waals surface area contributed by atoms with Gasteiger partial charge in [-0.15, -0.1) is 0 Å². The highest BCUT2D eigenvalue weighted by Gasteiger charge is 2.75. The maximum atomic E-state index is 16.2. The molecule has 0 aromatic rings. The largest absolute Gasteiger partial charge is 0.355 e. The lowest BCUT2D eigenvalue weighted by Crippen LogP contribution is -2.67. The summed E-state index contributed by atoms with van der Waals surface area (Å²) in [5.41, 5.74) is -4.04. The molecule has 0 saturated carbocycles. The summed E-state index contributed by atoms with van der Waals surface area (Å²) < 4.78 is 43.2. The van der Waals surface area contributed by atoms with Crippen molar-refractivity contribution in [2.24, 2.45) is 5.92 Å². The van der Waals surface area contributed by atoms with E-state index in [0.29, 0.717) is 6.42 Å². The molecule has 3 unspecified atom stereocenters. The van der Waals surface area contributed by atoms with Crippen molar-refractivity contribution in [1.29, 1.82) is 0 Å². The van der Waals surface area contributed by atoms with Crippen LogP contribution in [0, 0.1) is 5.92 Å². The average Bonchev–Trinajstić information content (AvgIpc) is 2.84. The van der Waals surface area contributed by atoms with Crippen molar-refractivity contribution in [3.05, 3.63) is 0 Å². The van der Waals surface area contributed by atoms with E-state index in [2.05, 4.69) is 22.9 Å². The number of rotatable bonds is 24. The fourth-order valence-corrected chi connectivity index (χ4v) is 5.98. The molecule has 0 radical (unpaired) electrons. The predicted octanol–water partition coefficient (Wildman–Crippen LogP) is 10.4. The van der Waals surface area contributed by atoms with Gasteiger partial charge in [0.2, 0.25) is 16.2 Å². The van der Waals surface area contributed by atoms with E-state index in [1.165, 1.54) is 71.1 Å². The van der Waals surface area contributed by atoms with Gasteiger partial charge in [0.1, 0.15) is 4.32 Å². The number of halogens is 7. The van der Waals surface area contributed by atoms with Gasteiger partial charge >= 0.3 is 5.92 Å². The van der Waals surface area contributed by atoms with Gasteiger partial charge in [-0.2, -0.15) is 8.78 Å². The molecular weight excluding hydrogens is 616 g/mol. The third-order valence-electron chi connectivity index (χ3n) is 7.18. The van der Waals surface area contributed by atoms with Crippen molar-refractivity contribution < 1.29 is 27.6 Å². The first kappa shape index (κ1) is 37.1. The second-order valence-electron chi connectivity index (χ2n) is 9.94. The van der Waals surface area contributed by atoms with Gasteiger partial charge in [0.15, 0.2) is 0 Å². The van der Waals surface area contributed by atoms with Crippen molar-refractivity contribution in [3.8, 4) is 0 Å². The molecule has 0 aromatic heterocycles. The van der Waals surface area contributed by atoms with Crippen LogP contribution in [-0.4, -0.2) is 31.6 Å². The summed E-state index contributed by atoms with van der Waals surface area (Å²) in [5.74, 6) is -7.05. The second-order valence-corrected chi connectivity index (χ2v) is 12.3. The van der Waals surface area contributed by atoms with Crippen LogP contribution in [0.15, 0.2) is 0 Å². The van der Waals surface area contributed by atoms with Crippen LogP contribution in [0.1, 0.15) is 129 Å². The van der Waals surface area contributed by atoms with Crippen LogP contribution in [0.2, 0.25) is 0 Å². The first-order valence-electron chi connectivity index (χ1n) is 13.7. The monoisotopic (exact) mass is 656 g/mol. The van der Waals surface area contributed by atoms with Gasteiger partial charge in [0.05, 0.1) is 5.92 Å². The fraction of sp³-hybridized carbons (Fsp3) is 0.889. The van der Waals surface area contributed by atoms with E-state index in [-0.39, 0.29) is 12.8 Å². The van der Waals surface area contributed by atoms with Crippen LogP contribution in [0.5, 0.6) is 0 Å². The van der Waals surface area contributed by atoms with Crippen LogP contribution in [0.4, 0.5) is 13.2 Å². The molecule has 218 valence electrons. The molecule has 0 amide bonds. The first-order chi connectivity index (χ1) is 17.3. The van der Waals surface area contributed by atoms with Gasteiger partial charge in [-0.1, -0.05) is 133 Å². The minimum atomic E-state index is -4.89. The SMILES string of the molecule is CCCCCCCCCCCCCCCCCCC(C(=O)Cl)C(F)(C(F)(F)C(=O)Cl)C(Br)(CC)C(=O)Cl. The molecule has 37 heavy (non-hydrogen) atoms. The molecule has 0 fully saturated rings. The number of hydrogen-bond donors (Lipinski definition) is 0. The zero-order valence-corrected chi connectivity index (χ0v) is 26.0. The molecular formula is C27H43BrCl3F3O3. The average molecular weight is 659 g/mol. The molecule has 0 saturated heterocycles. The number of alkyl halides is 4. The summed E-state index contributed by atoms with van der Waals surface area (Å²) >= 11 is 18.7. The normalized spacial score (nSPS) is 16.1. The van der Waals surface area contributed by atoms with Gasteiger partial charge in [-0.05, 0) is 47.6 Å². The molecule has 3 atom stereocenters. The highest BCUT2D eigenvalue weighted by Crippen LogP contribution is 2.55. The Morgan fingerprint density at radius 1 is 0.649 bits per heavy atom. The van der Waals surface area contributed by atoms with E-state index in [4.69, 9.17) is 34.8 Å². The summed E-state index contributed by atoms with van der Waals surface area (Å²) in [6.45, 7) is 3.45. The maximum absolute atomic E-state index is 16.2. The van der Waals surface area contributed by atoms with Crippen LogP contribution < -0.4 is 0 Å². The summed E-state index contributed by atoms with van der Waals surface area (Å²) in [6, 6.07) is 0. The summed E-state index contributed by atoms with van der Waals surface area (Å²) in [6.07, 6.45) is 16.6. The molecule has 0 heterocycles. The Morgan fingerprint density at radius 2 is 1.00 bits per heavy atom. The maximum Gasteiger partial charge on any atom is 0.355 e. The summed E-state index contributed by atoms with van der Waals surface area (Å²) in [7, 11) is 0. The van der Waals surface area contributed by atoms with Gasteiger partial charge in [-0.3, -0.25) is 14.4 Å². The van der Waals surface area contributed by atoms with Gasteiger partial charge in [0.25, 0.3) is 5.24 Å². The molecule has 0 aliphatic heterocycles. The number of carbonyl (C=O) groups is 3. The minimum absolute atomic E-state index is 0.211. The Balaban J connectivity index is 4.60. The summed E-state index contributed by atoms with van der Waals surface area (Å²) in [4.78, 5) is 35.6. The van der Waals surface area contributed by atoms with Crippen LogP contribution in [-0.2, 0) is 14.4 Å². The third kappa shape index (κ3) is 11.3. The molecule has 0 rings (SSSR count). The Bertz CT molecular complexity index is 699. The van der Waals surface area contributed by atoms with Crippen molar-refractivity contribution in [2.45, 2.75) is 145 Å². The number of carbonyl (C=O) groups excluding carboxylic acids is 3. The fourth-order valence-electron chi connectivity index (χ4n) is 4.79. The van der Waals surface area contributed by atoms with E-state index >= 15 is 4.39 Å². The lowest BCUT2D eigenvalue weighted by Gasteiger charge is -2.45. The van der Waals surface area contributed by atoms with Crippen LogP contribution in [0.3, 0.4) is 0 Å². The van der Waals surface area contributed by atoms with Gasteiger partial charge in [-0.25, -0.2) is 4.39 Å². The Kier molecular flexibility index (Phi) is 19.3. The Labute approximate surface area is 244 Å². The van der Waals surface area contributed by atoms with Crippen molar-refractivity contribution in [1.82, 2.24) is 0 Å². The van der Waals surface area contributed by atoms with Crippen molar-refractivity contribution >= 4 is 66.5 Å². The number of hydrogen-bond acceptors (Lipinski definition) is 3. The molecule has 0 spiro atoms. The molecule has 0 aliphatic rings. The molecule has 0 N–H and O–H groups in total. The Hall–Kier alpha value is 0.150. The molecule has 3 nitrogen and oxygen atoms in total. The first-order valence-corrected chi connectivity index (χ1v) is 15.6. The highest BCUT2D eigenvalue weighted by molar-refractivity contribution is 9.10. The standard InChI is InChI=1S/C27H43BrCl3F3O3/c1-3-5-6-7-8-9-10-11-12-13-14-15-16-17-18-19-20-21(22(29)35)26(32,27(33,34)24(31)37)25(28,4-2)23(30)36/h21H,3-20H2,1-2H3. The minimum Gasteiger partial charge on any atom is -0.281 e. The van der Waals surface area contributed by atoms with E-state index in [0.717, 1.165) is 25.7 Å². The third-order valence-corrected chi connectivity index (χ3v) is 9.73. The van der Waals surface area contributed by atoms with Gasteiger partial charge in [0, 0.05) is 0 Å². The zero-order valence-electron chi connectivity index (χ0n) is 22.2. The number of unbranched alkanes of at least 4 members (excludes halogenated alkanes) is 15. The van der Waals surface area contributed by atoms with Crippen LogP contribution in [0.25, 0.3) is 0 Å². The highest BCUT2D eigenvalue weighted by atomic mass is 79.9. The molecule has 0 aromatic carbocycles. The molecule has 0 bridgehead atoms. The smallest absolute Gasteiger partial charge is 0.281 e. The topological polar surface area (TPSA) is 51.2 Å². The summed E-state index contributed by atoms with van der Waals surface area (Å²) in [5, 5.41) is -5.26.